The van der Waals surface area contributed by atoms with Crippen LogP contribution in [0.4, 0.5) is 10.1 Å². The van der Waals surface area contributed by atoms with E-state index in [0.29, 0.717) is 5.13 Å². The Balaban J connectivity index is 1.81. The fourth-order valence-electron chi connectivity index (χ4n) is 2.40. The van der Waals surface area contributed by atoms with Crippen LogP contribution in [0.25, 0.3) is 11.3 Å². The second-order valence-corrected chi connectivity index (χ2v) is 7.56. The van der Waals surface area contributed by atoms with Gasteiger partial charge in [0.15, 0.2) is 5.13 Å². The summed E-state index contributed by atoms with van der Waals surface area (Å²) in [7, 11) is 0. The largest absolute Gasteiger partial charge is 0.324 e. The highest BCUT2D eigenvalue weighted by atomic mass is 32.1. The van der Waals surface area contributed by atoms with Crippen molar-refractivity contribution in [2.75, 3.05) is 5.32 Å². The molecule has 25 heavy (non-hydrogen) atoms. The lowest BCUT2D eigenvalue weighted by Crippen LogP contribution is -2.09. The van der Waals surface area contributed by atoms with Crippen LogP contribution in [-0.2, 0) is 0 Å². The molecule has 1 amide bonds. The van der Waals surface area contributed by atoms with E-state index in [2.05, 4.69) is 36.3 Å². The van der Waals surface area contributed by atoms with Crippen LogP contribution < -0.4 is 5.32 Å². The monoisotopic (exact) mass is 373 g/mol. The van der Waals surface area contributed by atoms with Gasteiger partial charge in [0.1, 0.15) is 0 Å². The molecule has 3 rings (SSSR count). The molecule has 128 valence electrons. The van der Waals surface area contributed by atoms with E-state index in [4.69, 9.17) is 0 Å². The van der Waals surface area contributed by atoms with Gasteiger partial charge < -0.3 is 0 Å². The minimum atomic E-state index is -0.508. The molecule has 0 aliphatic rings. The van der Waals surface area contributed by atoms with E-state index >= 15 is 0 Å². The summed E-state index contributed by atoms with van der Waals surface area (Å²) in [5.41, 5.74) is 5.37. The lowest BCUT2D eigenvalue weighted by molar-refractivity contribution is -0.380. The van der Waals surface area contributed by atoms with Gasteiger partial charge in [0.05, 0.1) is 15.5 Å². The molecule has 3 aromatic rings. The first kappa shape index (κ1) is 17.2. The third kappa shape index (κ3) is 3.59. The Morgan fingerprint density at radius 3 is 2.56 bits per heavy atom. The van der Waals surface area contributed by atoms with E-state index in [1.165, 1.54) is 34.6 Å². The Kier molecular flexibility index (Phi) is 4.65. The highest BCUT2D eigenvalue weighted by Crippen LogP contribution is 2.30. The van der Waals surface area contributed by atoms with Gasteiger partial charge in [0, 0.05) is 17.0 Å². The van der Waals surface area contributed by atoms with Gasteiger partial charge >= 0.3 is 5.00 Å². The standard InChI is InChI=1S/C17H15N3O3S2/c1-9-6-11(3)12(7-10(9)2)13-8-24-17(18-13)19-16(21)14-4-5-15(25-14)20(22)23/h4-8H,1-3H3,(H,18,19,21). The van der Waals surface area contributed by atoms with Gasteiger partial charge in [0.25, 0.3) is 5.91 Å². The Hall–Kier alpha value is -2.58. The first-order chi connectivity index (χ1) is 11.8. The van der Waals surface area contributed by atoms with Crippen LogP contribution in [-0.4, -0.2) is 15.8 Å². The van der Waals surface area contributed by atoms with Gasteiger partial charge in [-0.25, -0.2) is 4.98 Å². The van der Waals surface area contributed by atoms with Gasteiger partial charge in [-0.1, -0.05) is 17.4 Å². The van der Waals surface area contributed by atoms with Crippen LogP contribution >= 0.6 is 22.7 Å². The van der Waals surface area contributed by atoms with Crippen molar-refractivity contribution >= 4 is 38.7 Å². The summed E-state index contributed by atoms with van der Waals surface area (Å²) >= 11 is 2.17. The number of thiazole rings is 1. The number of nitro groups is 1. The van der Waals surface area contributed by atoms with Crippen molar-refractivity contribution < 1.29 is 9.72 Å². The number of carbonyl (C=O) groups excluding carboxylic acids is 1. The highest BCUT2D eigenvalue weighted by Gasteiger charge is 2.17. The average Bonchev–Trinajstić information content (AvgIpc) is 3.20. The van der Waals surface area contributed by atoms with E-state index in [9.17, 15) is 14.9 Å². The Morgan fingerprint density at radius 1 is 1.16 bits per heavy atom. The number of nitrogens with one attached hydrogen (secondary N) is 1. The number of carbonyl (C=O) groups is 1. The van der Waals surface area contributed by atoms with E-state index in [1.54, 1.807) is 0 Å². The molecule has 2 heterocycles. The number of amides is 1. The maximum Gasteiger partial charge on any atom is 0.324 e. The molecule has 0 radical (unpaired) electrons. The van der Waals surface area contributed by atoms with Crippen molar-refractivity contribution in [3.63, 3.8) is 0 Å². The molecule has 0 aliphatic carbocycles. The van der Waals surface area contributed by atoms with Gasteiger partial charge in [0.2, 0.25) is 0 Å². The summed E-state index contributed by atoms with van der Waals surface area (Å²) in [5, 5.41) is 15.7. The normalized spacial score (nSPS) is 10.7. The molecule has 0 unspecified atom stereocenters. The number of benzene rings is 1. The van der Waals surface area contributed by atoms with Crippen LogP contribution in [0.3, 0.4) is 0 Å². The first-order valence-corrected chi connectivity index (χ1v) is 9.14. The molecule has 0 bridgehead atoms. The molecule has 0 fully saturated rings. The molecule has 1 aromatic carbocycles. The third-order valence-corrected chi connectivity index (χ3v) is 5.63. The van der Waals surface area contributed by atoms with E-state index in [0.717, 1.165) is 28.2 Å². The van der Waals surface area contributed by atoms with Crippen LogP contribution in [0.2, 0.25) is 0 Å². The van der Waals surface area contributed by atoms with Gasteiger partial charge in [-0.15, -0.1) is 11.3 Å². The maximum atomic E-state index is 12.2. The zero-order valence-corrected chi connectivity index (χ0v) is 15.5. The topological polar surface area (TPSA) is 85.1 Å². The second-order valence-electron chi connectivity index (χ2n) is 5.64. The average molecular weight is 373 g/mol. The molecule has 1 N–H and O–H groups in total. The summed E-state index contributed by atoms with van der Waals surface area (Å²) in [6.07, 6.45) is 0. The SMILES string of the molecule is Cc1cc(C)c(-c2csc(NC(=O)c3ccc([N+](=O)[O-])s3)n2)cc1C. The second kappa shape index (κ2) is 6.73. The molecule has 0 saturated heterocycles. The molecule has 2 aromatic heterocycles. The van der Waals surface area contributed by atoms with Crippen LogP contribution in [0.5, 0.6) is 0 Å². The number of rotatable bonds is 4. The molecular weight excluding hydrogens is 358 g/mol. The first-order valence-electron chi connectivity index (χ1n) is 7.44. The number of hydrogen-bond acceptors (Lipinski definition) is 6. The van der Waals surface area contributed by atoms with Crippen molar-refractivity contribution in [3.05, 3.63) is 61.3 Å². The number of anilines is 1. The molecule has 0 spiro atoms. The number of aromatic nitrogens is 1. The highest BCUT2D eigenvalue weighted by molar-refractivity contribution is 7.17. The van der Waals surface area contributed by atoms with Crippen molar-refractivity contribution in [1.29, 1.82) is 0 Å². The molecule has 6 nitrogen and oxygen atoms in total. The molecular formula is C17H15N3O3S2. The third-order valence-electron chi connectivity index (χ3n) is 3.84. The van der Waals surface area contributed by atoms with E-state index in [-0.39, 0.29) is 9.88 Å². The lowest BCUT2D eigenvalue weighted by Gasteiger charge is -2.07. The van der Waals surface area contributed by atoms with Crippen molar-refractivity contribution in [3.8, 4) is 11.3 Å². The summed E-state index contributed by atoms with van der Waals surface area (Å²) in [4.78, 5) is 27.2. The summed E-state index contributed by atoms with van der Waals surface area (Å²) in [5.74, 6) is -0.393. The zero-order valence-electron chi connectivity index (χ0n) is 13.8. The Morgan fingerprint density at radius 2 is 1.88 bits per heavy atom. The predicted molar refractivity (Wildman–Crippen MR) is 101 cm³/mol. The van der Waals surface area contributed by atoms with Crippen LogP contribution in [0.15, 0.2) is 29.6 Å². The Labute approximate surface area is 152 Å². The van der Waals surface area contributed by atoms with Crippen LogP contribution in [0, 0.1) is 30.9 Å². The maximum absolute atomic E-state index is 12.2. The fourth-order valence-corrected chi connectivity index (χ4v) is 3.82. The zero-order chi connectivity index (χ0) is 18.1. The fraction of sp³-hybridized carbons (Fsp3) is 0.176. The smallest absolute Gasteiger partial charge is 0.297 e. The lowest BCUT2D eigenvalue weighted by atomic mass is 9.99. The Bertz CT molecular complexity index is 975. The molecule has 0 saturated carbocycles. The van der Waals surface area contributed by atoms with E-state index < -0.39 is 10.8 Å². The quantitative estimate of drug-likeness (QED) is 0.517. The minimum absolute atomic E-state index is 0.0595. The van der Waals surface area contributed by atoms with Crippen molar-refractivity contribution in [2.24, 2.45) is 0 Å². The predicted octanol–water partition coefficient (Wildman–Crippen LogP) is 4.96. The number of aryl methyl sites for hydroxylation is 3. The minimum Gasteiger partial charge on any atom is -0.297 e. The van der Waals surface area contributed by atoms with Crippen molar-refractivity contribution in [2.45, 2.75) is 20.8 Å². The number of thiophene rings is 1. The van der Waals surface area contributed by atoms with Gasteiger partial charge in [-0.3, -0.25) is 20.2 Å². The number of hydrogen-bond donors (Lipinski definition) is 1. The summed E-state index contributed by atoms with van der Waals surface area (Å²) in [6, 6.07) is 6.98. The molecule has 0 atom stereocenters. The molecule has 8 heteroatoms. The van der Waals surface area contributed by atoms with Crippen molar-refractivity contribution in [1.82, 2.24) is 4.98 Å². The van der Waals surface area contributed by atoms with Gasteiger partial charge in [-0.05, 0) is 49.6 Å². The molecule has 0 aliphatic heterocycles. The number of nitrogens with zero attached hydrogens (tertiary/aromatic N) is 2. The van der Waals surface area contributed by atoms with E-state index in [1.807, 2.05) is 12.3 Å². The summed E-state index contributed by atoms with van der Waals surface area (Å²) < 4.78 is 0. The van der Waals surface area contributed by atoms with Gasteiger partial charge in [-0.2, -0.15) is 0 Å². The summed E-state index contributed by atoms with van der Waals surface area (Å²) in [6.45, 7) is 6.15. The van der Waals surface area contributed by atoms with Crippen LogP contribution in [0.1, 0.15) is 26.4 Å².